The molecule has 2 aromatic carbocycles. The number of benzene rings is 2. The zero-order valence-electron chi connectivity index (χ0n) is 20.2. The minimum atomic E-state index is -4.02. The van der Waals surface area contributed by atoms with Crippen LogP contribution < -0.4 is 9.62 Å². The zero-order valence-corrected chi connectivity index (χ0v) is 21.0. The van der Waals surface area contributed by atoms with Crippen LogP contribution >= 0.6 is 0 Å². The van der Waals surface area contributed by atoms with Crippen LogP contribution in [0.5, 0.6) is 0 Å². The first kappa shape index (κ1) is 27.3. The van der Waals surface area contributed by atoms with Gasteiger partial charge in [-0.25, -0.2) is 8.70 Å². The highest BCUT2D eigenvalue weighted by Crippen LogP contribution is 2.21. The van der Waals surface area contributed by atoms with Gasteiger partial charge in [-0.1, -0.05) is 50.2 Å². The molecule has 34 heavy (non-hydrogen) atoms. The highest BCUT2D eigenvalue weighted by Gasteiger charge is 2.32. The number of amides is 2. The Bertz CT molecular complexity index is 1080. The fraction of sp³-hybridized carbons (Fsp3) is 0.417. The Hall–Kier alpha value is -2.98. The molecule has 2 rings (SSSR count). The largest absolute Gasteiger partial charge is 0.354 e. The lowest BCUT2D eigenvalue weighted by molar-refractivity contribution is -0.139. The molecule has 0 saturated carbocycles. The number of para-hydroxylation sites is 1. The van der Waals surface area contributed by atoms with E-state index >= 15 is 0 Å². The van der Waals surface area contributed by atoms with Crippen LogP contribution in [0, 0.1) is 11.7 Å². The van der Waals surface area contributed by atoms with Crippen molar-refractivity contribution in [2.45, 2.75) is 33.4 Å². The first-order chi connectivity index (χ1) is 15.9. The van der Waals surface area contributed by atoms with Crippen molar-refractivity contribution in [3.05, 3.63) is 66.0 Å². The number of hydrogen-bond donors (Lipinski definition) is 1. The highest BCUT2D eigenvalue weighted by molar-refractivity contribution is 7.90. The summed E-state index contributed by atoms with van der Waals surface area (Å²) in [6.07, 6.45) is 0. The molecular formula is C24H33FN4O4S. The molecular weight excluding hydrogens is 459 g/mol. The van der Waals surface area contributed by atoms with E-state index in [2.05, 4.69) is 5.32 Å². The predicted molar refractivity (Wildman–Crippen MR) is 131 cm³/mol. The molecule has 0 aliphatic carbocycles. The van der Waals surface area contributed by atoms with Crippen molar-refractivity contribution in [2.75, 3.05) is 31.5 Å². The third-order valence-electron chi connectivity index (χ3n) is 5.21. The van der Waals surface area contributed by atoms with Gasteiger partial charge < -0.3 is 10.2 Å². The Morgan fingerprint density at radius 1 is 0.971 bits per heavy atom. The van der Waals surface area contributed by atoms with Gasteiger partial charge in [0.05, 0.1) is 5.69 Å². The number of anilines is 1. The van der Waals surface area contributed by atoms with Crippen LogP contribution in [0.3, 0.4) is 0 Å². The minimum absolute atomic E-state index is 0.188. The first-order valence-electron chi connectivity index (χ1n) is 11.0. The van der Waals surface area contributed by atoms with Crippen molar-refractivity contribution >= 4 is 27.7 Å². The van der Waals surface area contributed by atoms with Crippen LogP contribution in [0.1, 0.15) is 26.3 Å². The minimum Gasteiger partial charge on any atom is -0.354 e. The molecule has 0 heterocycles. The molecule has 0 spiro atoms. The van der Waals surface area contributed by atoms with Crippen molar-refractivity contribution in [1.82, 2.24) is 14.5 Å². The summed E-state index contributed by atoms with van der Waals surface area (Å²) in [5, 5.41) is 2.78. The third-order valence-corrected chi connectivity index (χ3v) is 7.03. The predicted octanol–water partition coefficient (Wildman–Crippen LogP) is 2.63. The maximum Gasteiger partial charge on any atom is 0.304 e. The van der Waals surface area contributed by atoms with E-state index < -0.39 is 40.4 Å². The highest BCUT2D eigenvalue weighted by atomic mass is 32.2. The second-order valence-corrected chi connectivity index (χ2v) is 10.6. The third kappa shape index (κ3) is 7.01. The number of halogens is 1. The van der Waals surface area contributed by atoms with Crippen LogP contribution in [0.4, 0.5) is 10.1 Å². The van der Waals surface area contributed by atoms with Crippen molar-refractivity contribution in [1.29, 1.82) is 0 Å². The SMILES string of the molecule is CC(C)CNC(=O)C(C)N(Cc1ccccc1F)C(=O)CN(c1ccccc1)S(=O)(=O)N(C)C. The van der Waals surface area contributed by atoms with Crippen molar-refractivity contribution < 1.29 is 22.4 Å². The summed E-state index contributed by atoms with van der Waals surface area (Å²) < 4.78 is 42.4. The monoisotopic (exact) mass is 492 g/mol. The van der Waals surface area contributed by atoms with Crippen molar-refractivity contribution in [3.8, 4) is 0 Å². The molecule has 1 atom stereocenters. The van der Waals surface area contributed by atoms with Gasteiger partial charge in [0.25, 0.3) is 0 Å². The van der Waals surface area contributed by atoms with Gasteiger partial charge in [0.2, 0.25) is 11.8 Å². The fourth-order valence-electron chi connectivity index (χ4n) is 3.16. The normalized spacial score (nSPS) is 12.5. The maximum atomic E-state index is 14.4. The smallest absolute Gasteiger partial charge is 0.304 e. The van der Waals surface area contributed by atoms with Crippen LogP contribution in [0.2, 0.25) is 0 Å². The lowest BCUT2D eigenvalue weighted by Gasteiger charge is -2.33. The van der Waals surface area contributed by atoms with Crippen LogP contribution in [0.15, 0.2) is 54.6 Å². The second kappa shape index (κ2) is 11.9. The Kier molecular flexibility index (Phi) is 9.57. The van der Waals surface area contributed by atoms with Gasteiger partial charge in [0.1, 0.15) is 18.4 Å². The van der Waals surface area contributed by atoms with Gasteiger partial charge in [-0.2, -0.15) is 12.7 Å². The second-order valence-electron chi connectivity index (χ2n) is 8.56. The summed E-state index contributed by atoms with van der Waals surface area (Å²) in [6, 6.07) is 13.2. The standard InChI is InChI=1S/C24H33FN4O4S/c1-18(2)15-26-24(31)19(3)28(16-20-11-9-10-14-22(20)25)23(30)17-29(34(32,33)27(4)5)21-12-7-6-8-13-21/h6-14,18-19H,15-17H2,1-5H3,(H,26,31). The molecule has 0 saturated heterocycles. The van der Waals surface area contributed by atoms with E-state index in [1.54, 1.807) is 43.3 Å². The Balaban J connectivity index is 2.41. The molecule has 2 aromatic rings. The Labute approximate surface area is 201 Å². The molecule has 8 nitrogen and oxygen atoms in total. The summed E-state index contributed by atoms with van der Waals surface area (Å²) >= 11 is 0. The van der Waals surface area contributed by atoms with E-state index in [0.717, 1.165) is 8.61 Å². The quantitative estimate of drug-likeness (QED) is 0.522. The van der Waals surface area contributed by atoms with E-state index in [9.17, 15) is 22.4 Å². The first-order valence-corrected chi connectivity index (χ1v) is 12.4. The number of carbonyl (C=O) groups is 2. The van der Waals surface area contributed by atoms with Crippen molar-refractivity contribution in [2.24, 2.45) is 5.92 Å². The molecule has 0 bridgehead atoms. The van der Waals surface area contributed by atoms with E-state index in [1.165, 1.54) is 37.2 Å². The summed E-state index contributed by atoms with van der Waals surface area (Å²) in [7, 11) is -1.28. The van der Waals surface area contributed by atoms with Gasteiger partial charge >= 0.3 is 10.2 Å². The summed E-state index contributed by atoms with van der Waals surface area (Å²) in [5.41, 5.74) is 0.522. The molecule has 0 aliphatic heterocycles. The van der Waals surface area contributed by atoms with Gasteiger partial charge in [-0.3, -0.25) is 9.59 Å². The van der Waals surface area contributed by atoms with Crippen LogP contribution in [-0.2, 0) is 26.3 Å². The van der Waals surface area contributed by atoms with E-state index in [0.29, 0.717) is 12.2 Å². The molecule has 1 N–H and O–H groups in total. The molecule has 1 unspecified atom stereocenters. The number of carbonyl (C=O) groups excluding carboxylic acids is 2. The lowest BCUT2D eigenvalue weighted by Crippen LogP contribution is -2.52. The van der Waals surface area contributed by atoms with Crippen LogP contribution in [0.25, 0.3) is 0 Å². The molecule has 186 valence electrons. The van der Waals surface area contributed by atoms with E-state index in [1.807, 2.05) is 13.8 Å². The lowest BCUT2D eigenvalue weighted by atomic mass is 10.1. The summed E-state index contributed by atoms with van der Waals surface area (Å²) in [5.74, 6) is -1.36. The molecule has 2 amide bonds. The molecule has 0 aliphatic rings. The van der Waals surface area contributed by atoms with Gasteiger partial charge in [0.15, 0.2) is 0 Å². The number of hydrogen-bond acceptors (Lipinski definition) is 4. The summed E-state index contributed by atoms with van der Waals surface area (Å²) in [4.78, 5) is 27.5. The molecule has 10 heteroatoms. The Morgan fingerprint density at radius 2 is 1.56 bits per heavy atom. The number of nitrogens with zero attached hydrogens (tertiary/aromatic N) is 3. The van der Waals surface area contributed by atoms with E-state index in [4.69, 9.17) is 0 Å². The van der Waals surface area contributed by atoms with E-state index in [-0.39, 0.29) is 18.0 Å². The van der Waals surface area contributed by atoms with Gasteiger partial charge in [-0.15, -0.1) is 0 Å². The number of nitrogens with one attached hydrogen (secondary N) is 1. The average molecular weight is 493 g/mol. The number of rotatable bonds is 11. The summed E-state index contributed by atoms with van der Waals surface area (Å²) in [6.45, 7) is 5.10. The molecule has 0 radical (unpaired) electrons. The molecule has 0 fully saturated rings. The molecule has 0 aromatic heterocycles. The van der Waals surface area contributed by atoms with Gasteiger partial charge in [0, 0.05) is 32.7 Å². The topological polar surface area (TPSA) is 90.0 Å². The van der Waals surface area contributed by atoms with Crippen LogP contribution in [-0.4, -0.2) is 62.7 Å². The van der Waals surface area contributed by atoms with Gasteiger partial charge in [-0.05, 0) is 31.0 Å². The fourth-order valence-corrected chi connectivity index (χ4v) is 4.21. The average Bonchev–Trinajstić information content (AvgIpc) is 2.80. The zero-order chi connectivity index (χ0) is 25.5. The maximum absolute atomic E-state index is 14.4. The Morgan fingerprint density at radius 3 is 2.12 bits per heavy atom. The van der Waals surface area contributed by atoms with Crippen molar-refractivity contribution in [3.63, 3.8) is 0 Å².